The van der Waals surface area contributed by atoms with Crippen molar-refractivity contribution in [3.8, 4) is 0 Å². The van der Waals surface area contributed by atoms with Crippen LogP contribution in [0.3, 0.4) is 0 Å². The Hall–Kier alpha value is -4.98. The first-order valence-corrected chi connectivity index (χ1v) is 28.0. The van der Waals surface area contributed by atoms with Gasteiger partial charge in [0, 0.05) is 19.7 Å². The van der Waals surface area contributed by atoms with Gasteiger partial charge in [-0.15, -0.1) is 0 Å². The van der Waals surface area contributed by atoms with Crippen LogP contribution in [0.15, 0.2) is 12.2 Å². The summed E-state index contributed by atoms with van der Waals surface area (Å²) in [6.07, 6.45) is 8.87. The van der Waals surface area contributed by atoms with E-state index < -0.39 is 89.7 Å². The summed E-state index contributed by atoms with van der Waals surface area (Å²) in [5.74, 6) is -2.21. The molecule has 6 amide bonds. The Bertz CT molecular complexity index is 2100. The molecule has 4 N–H and O–H groups in total. The quantitative estimate of drug-likeness (QED) is 0.133. The Kier molecular flexibility index (Phi) is 21.3. The highest BCUT2D eigenvalue weighted by Crippen LogP contribution is 2.66. The zero-order valence-electron chi connectivity index (χ0n) is 48.0. The standard InChI is InChI=1S/C28H47N3O7.C28H45N3O7/c2*1-8-36-25(34)19-14-12-10-9-11-13-15-37-17(2)21(30-26(35)38-27(3,4)5)24(33)31-16-18-20(28(18,6)7)22(31)23(32)29-19/h17-22H,8-16H2,1-7H3,(H,29,32)(H,30,35);11,13,17-22H,8-10,12,14-16H2,1-7H3,(H,29,32)(H,30,35)/t2*17-,18-,19-,20-,21-,22-/m00/s1. The maximum atomic E-state index is 14.0. The van der Waals surface area contributed by atoms with Gasteiger partial charge in [0.25, 0.3) is 0 Å². The lowest BCUT2D eigenvalue weighted by molar-refractivity contribution is -0.150. The number of rotatable bonds is 6. The molecule has 2 aliphatic carbocycles. The van der Waals surface area contributed by atoms with Gasteiger partial charge < -0.3 is 59.5 Å². The minimum absolute atomic E-state index is 0.0356. The van der Waals surface area contributed by atoms with Crippen molar-refractivity contribution in [2.45, 2.75) is 221 Å². The maximum Gasteiger partial charge on any atom is 0.408 e. The zero-order chi connectivity index (χ0) is 56.5. The van der Waals surface area contributed by atoms with E-state index in [-0.39, 0.29) is 72.0 Å². The Morgan fingerprint density at radius 2 is 1.03 bits per heavy atom. The van der Waals surface area contributed by atoms with Crippen LogP contribution in [-0.4, -0.2) is 157 Å². The minimum Gasteiger partial charge on any atom is -0.464 e. The number of amides is 6. The van der Waals surface area contributed by atoms with Crippen molar-refractivity contribution in [2.24, 2.45) is 34.5 Å². The van der Waals surface area contributed by atoms with E-state index in [9.17, 15) is 38.4 Å². The van der Waals surface area contributed by atoms with Gasteiger partial charge in [-0.2, -0.15) is 0 Å². The maximum absolute atomic E-state index is 14.0. The first kappa shape index (κ1) is 61.9. The van der Waals surface area contributed by atoms with Gasteiger partial charge in [0.05, 0.1) is 32.0 Å². The van der Waals surface area contributed by atoms with E-state index >= 15 is 0 Å². The number of hydrogen-bond donors (Lipinski definition) is 4. The van der Waals surface area contributed by atoms with Gasteiger partial charge >= 0.3 is 24.1 Å². The number of ether oxygens (including phenoxy) is 6. The molecule has 0 aromatic carbocycles. The predicted molar refractivity (Wildman–Crippen MR) is 282 cm³/mol. The molecule has 3 saturated heterocycles. The number of piperidine rings is 2. The molecular weight excluding hydrogens is 981 g/mol. The number of fused-ring (bicyclic) bond motifs is 6. The molecule has 0 aromatic rings. The largest absolute Gasteiger partial charge is 0.464 e. The molecule has 4 aliphatic heterocycles. The molecule has 0 radical (unpaired) electrons. The minimum atomic E-state index is -1.05. The molecule has 6 aliphatic rings. The van der Waals surface area contributed by atoms with Crippen LogP contribution in [0.25, 0.3) is 0 Å². The fourth-order valence-electron chi connectivity index (χ4n) is 11.6. The normalized spacial score (nSPS) is 32.2. The van der Waals surface area contributed by atoms with Crippen molar-refractivity contribution < 1.29 is 66.8 Å². The number of esters is 2. The second-order valence-electron chi connectivity index (χ2n) is 24.6. The summed E-state index contributed by atoms with van der Waals surface area (Å²) >= 11 is 0. The van der Waals surface area contributed by atoms with Gasteiger partial charge in [0.1, 0.15) is 47.5 Å². The molecule has 76 heavy (non-hydrogen) atoms. The molecule has 5 fully saturated rings. The molecule has 20 nitrogen and oxygen atoms in total. The molecule has 12 atom stereocenters. The SMILES string of the molecule is CCOC(=O)[C@@H]1CCCCC=CCO[C@@H](C)[C@H](NC(=O)OC(C)(C)C)C(=O)N2C[C@H]3[C@@H]([C@H]2C(=O)N1)C3(C)C.CCOC(=O)[C@@H]1CCCCCCCO[C@@H](C)[C@H](NC(=O)OC(C)(C)C)C(=O)N2C[C@H]3[C@@H]([C@H]2C(=O)N1)C3(C)C. The first-order valence-electron chi connectivity index (χ1n) is 28.0. The topological polar surface area (TPSA) is 247 Å². The highest BCUT2D eigenvalue weighted by atomic mass is 16.6. The lowest BCUT2D eigenvalue weighted by Crippen LogP contribution is -2.60. The molecular formula is C56H92N6O14. The second-order valence-corrected chi connectivity index (χ2v) is 24.6. The van der Waals surface area contributed by atoms with Gasteiger partial charge in [-0.25, -0.2) is 19.2 Å². The van der Waals surface area contributed by atoms with Crippen molar-refractivity contribution >= 4 is 47.8 Å². The van der Waals surface area contributed by atoms with Crippen LogP contribution in [0.5, 0.6) is 0 Å². The molecule has 2 saturated carbocycles. The number of nitrogens with one attached hydrogen (secondary N) is 4. The summed E-state index contributed by atoms with van der Waals surface area (Å²) in [4.78, 5) is 109. The first-order chi connectivity index (χ1) is 35.5. The molecule has 0 unspecified atom stereocenters. The highest BCUT2D eigenvalue weighted by Gasteiger charge is 2.71. The number of nitrogens with zero attached hydrogens (tertiary/aromatic N) is 2. The number of carbonyl (C=O) groups excluding carboxylic acids is 8. The molecule has 20 heteroatoms. The summed E-state index contributed by atoms with van der Waals surface area (Å²) in [5.41, 5.74) is -1.70. The van der Waals surface area contributed by atoms with Crippen LogP contribution in [0.4, 0.5) is 9.59 Å². The van der Waals surface area contributed by atoms with Crippen molar-refractivity contribution in [3.63, 3.8) is 0 Å². The van der Waals surface area contributed by atoms with Gasteiger partial charge in [0.2, 0.25) is 23.6 Å². The molecule has 6 rings (SSSR count). The van der Waals surface area contributed by atoms with E-state index in [0.29, 0.717) is 32.5 Å². The van der Waals surface area contributed by atoms with E-state index in [1.54, 1.807) is 79.0 Å². The fraction of sp³-hybridized carbons (Fsp3) is 0.821. The third-order valence-electron chi connectivity index (χ3n) is 15.9. The van der Waals surface area contributed by atoms with Gasteiger partial charge in [-0.1, -0.05) is 72.0 Å². The molecule has 430 valence electrons. The van der Waals surface area contributed by atoms with Gasteiger partial charge in [-0.05, 0) is 136 Å². The molecule has 4 heterocycles. The van der Waals surface area contributed by atoms with Crippen molar-refractivity contribution in [1.29, 1.82) is 0 Å². The Labute approximate surface area is 451 Å². The summed E-state index contributed by atoms with van der Waals surface area (Å²) in [6.45, 7) is 27.8. The smallest absolute Gasteiger partial charge is 0.408 e. The fourth-order valence-corrected chi connectivity index (χ4v) is 11.6. The van der Waals surface area contributed by atoms with Gasteiger partial charge in [-0.3, -0.25) is 19.2 Å². The lowest BCUT2D eigenvalue weighted by Gasteiger charge is -2.35. The van der Waals surface area contributed by atoms with Gasteiger partial charge in [0.15, 0.2) is 0 Å². The van der Waals surface area contributed by atoms with E-state index in [1.165, 1.54) is 0 Å². The number of allylic oxidation sites excluding steroid dienone is 1. The second kappa shape index (κ2) is 26.1. The van der Waals surface area contributed by atoms with Crippen molar-refractivity contribution in [3.05, 3.63) is 12.2 Å². The number of carbonyl (C=O) groups is 8. The zero-order valence-corrected chi connectivity index (χ0v) is 48.0. The molecule has 0 aromatic heterocycles. The highest BCUT2D eigenvalue weighted by molar-refractivity contribution is 5.96. The van der Waals surface area contributed by atoms with E-state index in [4.69, 9.17) is 28.4 Å². The average Bonchev–Trinajstić information content (AvgIpc) is 3.76. The summed E-state index contributed by atoms with van der Waals surface area (Å²) in [7, 11) is 0. The van der Waals surface area contributed by atoms with Crippen LogP contribution < -0.4 is 21.3 Å². The molecule has 0 spiro atoms. The van der Waals surface area contributed by atoms with E-state index in [2.05, 4.69) is 49.0 Å². The van der Waals surface area contributed by atoms with E-state index in [1.807, 2.05) is 12.2 Å². The Balaban J connectivity index is 0.000000281. The number of hydrogen-bond acceptors (Lipinski definition) is 14. The van der Waals surface area contributed by atoms with Crippen LogP contribution in [0, 0.1) is 34.5 Å². The van der Waals surface area contributed by atoms with Crippen LogP contribution >= 0.6 is 0 Å². The average molecular weight is 1070 g/mol. The Morgan fingerprint density at radius 1 is 0.618 bits per heavy atom. The monoisotopic (exact) mass is 1070 g/mol. The van der Waals surface area contributed by atoms with Crippen LogP contribution in [-0.2, 0) is 57.2 Å². The third kappa shape index (κ3) is 16.1. The Morgan fingerprint density at radius 3 is 1.46 bits per heavy atom. The summed E-state index contributed by atoms with van der Waals surface area (Å²) < 4.78 is 33.3. The lowest BCUT2D eigenvalue weighted by atomic mass is 9.98. The van der Waals surface area contributed by atoms with Crippen molar-refractivity contribution in [1.82, 2.24) is 31.1 Å². The molecule has 0 bridgehead atoms. The van der Waals surface area contributed by atoms with Crippen molar-refractivity contribution in [2.75, 3.05) is 39.5 Å². The predicted octanol–water partition coefficient (Wildman–Crippen LogP) is 6.12. The van der Waals surface area contributed by atoms with Crippen LogP contribution in [0.2, 0.25) is 0 Å². The third-order valence-corrected chi connectivity index (χ3v) is 15.9. The van der Waals surface area contributed by atoms with Crippen LogP contribution in [0.1, 0.15) is 161 Å². The summed E-state index contributed by atoms with van der Waals surface area (Å²) in [6, 6.07) is -5.12. The van der Waals surface area contributed by atoms with E-state index in [0.717, 1.165) is 51.4 Å². The number of alkyl carbamates (subject to hydrolysis) is 2. The summed E-state index contributed by atoms with van der Waals surface area (Å²) in [5, 5.41) is 11.2.